The summed E-state index contributed by atoms with van der Waals surface area (Å²) in [4.78, 5) is 15.2. The summed E-state index contributed by atoms with van der Waals surface area (Å²) in [6.45, 7) is 0.540. The molecular weight excluding hydrogens is 385 g/mol. The average molecular weight is 404 g/mol. The lowest BCUT2D eigenvalue weighted by Gasteiger charge is -2.16. The summed E-state index contributed by atoms with van der Waals surface area (Å²) >= 11 is 2.87. The number of nitrogens with zero attached hydrogens (tertiary/aromatic N) is 3. The first-order chi connectivity index (χ1) is 13.0. The molecule has 0 spiro atoms. The largest absolute Gasteiger partial charge is 0.411 e. The Hall–Kier alpha value is -2.32. The first-order valence-electron chi connectivity index (χ1n) is 8.14. The van der Waals surface area contributed by atoms with Gasteiger partial charge < -0.3 is 9.32 Å². The fourth-order valence-corrected chi connectivity index (χ4v) is 3.42. The summed E-state index contributed by atoms with van der Waals surface area (Å²) in [5.41, 5.74) is 1.71. The second-order valence-electron chi connectivity index (χ2n) is 5.77. The lowest BCUT2D eigenvalue weighted by Crippen LogP contribution is -2.27. The van der Waals surface area contributed by atoms with Gasteiger partial charge in [-0.2, -0.15) is 0 Å². The van der Waals surface area contributed by atoms with Crippen LogP contribution in [0.3, 0.4) is 0 Å². The Morgan fingerprint density at radius 1 is 1.11 bits per heavy atom. The SMILES string of the molecule is CSc1ccc(CN(C)C(=O)CSc2nnc(-c3ccc(F)cc3)o2)cc1. The van der Waals surface area contributed by atoms with Gasteiger partial charge in [0.05, 0.1) is 5.75 Å². The molecule has 0 radical (unpaired) electrons. The van der Waals surface area contributed by atoms with E-state index in [-0.39, 0.29) is 17.5 Å². The third-order valence-corrected chi connectivity index (χ3v) is 5.37. The predicted octanol–water partition coefficient (Wildman–Crippen LogP) is 4.35. The zero-order valence-electron chi connectivity index (χ0n) is 14.9. The van der Waals surface area contributed by atoms with Crippen molar-refractivity contribution < 1.29 is 13.6 Å². The van der Waals surface area contributed by atoms with E-state index in [0.29, 0.717) is 23.2 Å². The summed E-state index contributed by atoms with van der Waals surface area (Å²) < 4.78 is 18.5. The van der Waals surface area contributed by atoms with Crippen molar-refractivity contribution in [1.82, 2.24) is 15.1 Å². The average Bonchev–Trinajstić information content (AvgIpc) is 3.16. The van der Waals surface area contributed by atoms with Gasteiger partial charge in [-0.15, -0.1) is 22.0 Å². The molecule has 8 heteroatoms. The van der Waals surface area contributed by atoms with Crippen LogP contribution in [0.2, 0.25) is 0 Å². The molecule has 1 aromatic heterocycles. The van der Waals surface area contributed by atoms with Gasteiger partial charge in [-0.25, -0.2) is 4.39 Å². The zero-order valence-corrected chi connectivity index (χ0v) is 16.5. The maximum Gasteiger partial charge on any atom is 0.277 e. The number of carbonyl (C=O) groups is 1. The monoisotopic (exact) mass is 403 g/mol. The van der Waals surface area contributed by atoms with Crippen molar-refractivity contribution in [3.63, 3.8) is 0 Å². The van der Waals surface area contributed by atoms with Gasteiger partial charge >= 0.3 is 0 Å². The van der Waals surface area contributed by atoms with E-state index < -0.39 is 0 Å². The highest BCUT2D eigenvalue weighted by Gasteiger charge is 2.14. The van der Waals surface area contributed by atoms with E-state index in [4.69, 9.17) is 4.42 Å². The van der Waals surface area contributed by atoms with Crippen LogP contribution in [0.25, 0.3) is 11.5 Å². The minimum absolute atomic E-state index is 0.0320. The molecule has 0 fully saturated rings. The van der Waals surface area contributed by atoms with Gasteiger partial charge in [0, 0.05) is 24.1 Å². The Kier molecular flexibility index (Phi) is 6.52. The van der Waals surface area contributed by atoms with Crippen molar-refractivity contribution >= 4 is 29.4 Å². The van der Waals surface area contributed by atoms with E-state index in [2.05, 4.69) is 10.2 Å². The van der Waals surface area contributed by atoms with Crippen LogP contribution < -0.4 is 0 Å². The number of hydrogen-bond acceptors (Lipinski definition) is 6. The summed E-state index contributed by atoms with van der Waals surface area (Å²) in [5.74, 6) is 0.136. The molecule has 0 saturated carbocycles. The molecule has 140 valence electrons. The van der Waals surface area contributed by atoms with Gasteiger partial charge in [0.2, 0.25) is 11.8 Å². The molecule has 0 unspecified atom stereocenters. The van der Waals surface area contributed by atoms with Crippen LogP contribution in [-0.2, 0) is 11.3 Å². The summed E-state index contributed by atoms with van der Waals surface area (Å²) in [5, 5.41) is 8.17. The fourth-order valence-electron chi connectivity index (χ4n) is 2.30. The third-order valence-electron chi connectivity index (χ3n) is 3.82. The number of benzene rings is 2. The predicted molar refractivity (Wildman–Crippen MR) is 105 cm³/mol. The highest BCUT2D eigenvalue weighted by molar-refractivity contribution is 7.99. The number of hydrogen-bond donors (Lipinski definition) is 0. The van der Waals surface area contributed by atoms with E-state index in [0.717, 1.165) is 5.56 Å². The molecular formula is C19H18FN3O2S2. The van der Waals surface area contributed by atoms with Gasteiger partial charge in [-0.3, -0.25) is 4.79 Å². The highest BCUT2D eigenvalue weighted by atomic mass is 32.2. The molecule has 0 aliphatic carbocycles. The molecule has 0 aliphatic rings. The van der Waals surface area contributed by atoms with Crippen LogP contribution in [0.15, 0.2) is 63.1 Å². The second kappa shape index (κ2) is 9.05. The van der Waals surface area contributed by atoms with E-state index in [1.165, 1.54) is 28.8 Å². The van der Waals surface area contributed by atoms with Gasteiger partial charge in [0.25, 0.3) is 5.22 Å². The van der Waals surface area contributed by atoms with Crippen molar-refractivity contribution in [2.75, 3.05) is 19.1 Å². The number of amides is 1. The van der Waals surface area contributed by atoms with E-state index >= 15 is 0 Å². The standard InChI is InChI=1S/C19H18FN3O2S2/c1-23(11-13-3-9-16(26-2)10-4-13)17(24)12-27-19-22-21-18(25-19)14-5-7-15(20)8-6-14/h3-10H,11-12H2,1-2H3. The van der Waals surface area contributed by atoms with E-state index in [1.807, 2.05) is 30.5 Å². The number of thioether (sulfide) groups is 2. The smallest absolute Gasteiger partial charge is 0.277 e. The van der Waals surface area contributed by atoms with Crippen LogP contribution in [-0.4, -0.2) is 40.1 Å². The molecule has 0 aliphatic heterocycles. The molecule has 0 saturated heterocycles. The third kappa shape index (κ3) is 5.33. The maximum atomic E-state index is 13.0. The maximum absolute atomic E-state index is 13.0. The van der Waals surface area contributed by atoms with Crippen LogP contribution in [0, 0.1) is 5.82 Å². The van der Waals surface area contributed by atoms with Crippen LogP contribution >= 0.6 is 23.5 Å². The van der Waals surface area contributed by atoms with Crippen molar-refractivity contribution in [3.8, 4) is 11.5 Å². The van der Waals surface area contributed by atoms with Gasteiger partial charge in [0.1, 0.15) is 5.82 Å². The minimum Gasteiger partial charge on any atom is -0.411 e. The van der Waals surface area contributed by atoms with Crippen LogP contribution in [0.1, 0.15) is 5.56 Å². The van der Waals surface area contributed by atoms with Crippen molar-refractivity contribution in [2.24, 2.45) is 0 Å². The molecule has 0 atom stereocenters. The first kappa shape index (κ1) is 19.4. The first-order valence-corrected chi connectivity index (χ1v) is 10.4. The highest BCUT2D eigenvalue weighted by Crippen LogP contribution is 2.23. The van der Waals surface area contributed by atoms with E-state index in [1.54, 1.807) is 35.8 Å². The molecule has 0 N–H and O–H groups in total. The molecule has 3 rings (SSSR count). The quantitative estimate of drug-likeness (QED) is 0.547. The Morgan fingerprint density at radius 2 is 1.81 bits per heavy atom. The number of aromatic nitrogens is 2. The fraction of sp³-hybridized carbons (Fsp3) is 0.211. The van der Waals surface area contributed by atoms with Crippen LogP contribution in [0.4, 0.5) is 4.39 Å². The molecule has 27 heavy (non-hydrogen) atoms. The lowest BCUT2D eigenvalue weighted by molar-refractivity contribution is -0.127. The second-order valence-corrected chi connectivity index (χ2v) is 7.57. The lowest BCUT2D eigenvalue weighted by atomic mass is 10.2. The van der Waals surface area contributed by atoms with Gasteiger partial charge in [-0.1, -0.05) is 23.9 Å². The zero-order chi connectivity index (χ0) is 19.2. The Bertz CT molecular complexity index is 898. The Morgan fingerprint density at radius 3 is 2.48 bits per heavy atom. The summed E-state index contributed by atoms with van der Waals surface area (Å²) in [6.07, 6.45) is 2.03. The topological polar surface area (TPSA) is 59.2 Å². The van der Waals surface area contributed by atoms with Gasteiger partial charge in [-0.05, 0) is 48.2 Å². The Balaban J connectivity index is 1.53. The van der Waals surface area contributed by atoms with Gasteiger partial charge in [0.15, 0.2) is 0 Å². The number of carbonyl (C=O) groups excluding carboxylic acids is 1. The minimum atomic E-state index is -0.329. The normalized spacial score (nSPS) is 10.8. The summed E-state index contributed by atoms with van der Waals surface area (Å²) in [6, 6.07) is 13.9. The number of rotatable bonds is 7. The van der Waals surface area contributed by atoms with Crippen molar-refractivity contribution in [2.45, 2.75) is 16.7 Å². The van der Waals surface area contributed by atoms with Crippen molar-refractivity contribution in [3.05, 3.63) is 59.9 Å². The molecule has 0 bridgehead atoms. The molecule has 5 nitrogen and oxygen atoms in total. The molecule has 1 heterocycles. The van der Waals surface area contributed by atoms with E-state index in [9.17, 15) is 9.18 Å². The number of halogens is 1. The van der Waals surface area contributed by atoms with Crippen LogP contribution in [0.5, 0.6) is 0 Å². The summed E-state index contributed by atoms with van der Waals surface area (Å²) in [7, 11) is 1.77. The molecule has 3 aromatic rings. The Labute approximate surface area is 165 Å². The molecule has 2 aromatic carbocycles. The van der Waals surface area contributed by atoms with Crippen molar-refractivity contribution in [1.29, 1.82) is 0 Å². The molecule has 1 amide bonds.